The lowest BCUT2D eigenvalue weighted by Crippen LogP contribution is -2.37. The molecule has 0 unspecified atom stereocenters. The molecule has 6 heteroatoms. The van der Waals surface area contributed by atoms with Crippen LogP contribution in [0.3, 0.4) is 0 Å². The molecular weight excluding hydrogens is 378 g/mol. The summed E-state index contributed by atoms with van der Waals surface area (Å²) in [5.41, 5.74) is 4.32. The fourth-order valence-electron chi connectivity index (χ4n) is 2.69. The van der Waals surface area contributed by atoms with E-state index in [2.05, 4.69) is 32.3 Å². The molecule has 0 aliphatic carbocycles. The number of hydrogen-bond acceptors (Lipinski definition) is 3. The Labute approximate surface area is 179 Å². The van der Waals surface area contributed by atoms with E-state index < -0.39 is 5.91 Å². The fraction of sp³-hybridized carbons (Fsp3) is 0.333. The Balaban J connectivity index is 2.86. The van der Waals surface area contributed by atoms with Gasteiger partial charge in [-0.15, -0.1) is 0 Å². The van der Waals surface area contributed by atoms with Crippen LogP contribution in [0.5, 0.6) is 0 Å². The van der Waals surface area contributed by atoms with E-state index in [1.54, 1.807) is 16.5 Å². The monoisotopic (exact) mass is 411 g/mol. The number of rotatable bonds is 11. The largest absolute Gasteiger partial charge is 0.322 e. The lowest BCUT2D eigenvalue weighted by Gasteiger charge is -2.24. The number of hydrogen-bond donors (Lipinski definition) is 3. The minimum Gasteiger partial charge on any atom is -0.320 e. The molecule has 0 fully saturated rings. The van der Waals surface area contributed by atoms with Crippen LogP contribution in [0.15, 0.2) is 72.9 Å². The van der Waals surface area contributed by atoms with Crippen LogP contribution in [-0.4, -0.2) is 35.1 Å². The summed E-state index contributed by atoms with van der Waals surface area (Å²) in [7, 11) is 0. The first kappa shape index (κ1) is 24.9. The zero-order valence-corrected chi connectivity index (χ0v) is 18.1. The first-order chi connectivity index (χ1) is 14.3. The smallest absolute Gasteiger partial charge is 0.320 e. The number of amides is 3. The second-order valence-electron chi connectivity index (χ2n) is 7.54. The van der Waals surface area contributed by atoms with Gasteiger partial charge in [0.25, 0.3) is 5.91 Å². The minimum absolute atomic E-state index is 0.202. The summed E-state index contributed by atoms with van der Waals surface area (Å²) in [6, 6.07) is 7.43. The number of carbonyl (C=O) groups is 2. The highest BCUT2D eigenvalue weighted by Gasteiger charge is 2.14. The molecule has 0 bridgehead atoms. The van der Waals surface area contributed by atoms with Crippen molar-refractivity contribution in [2.24, 2.45) is 5.92 Å². The molecular formula is C24H33N3O3. The molecule has 0 spiro atoms. The van der Waals surface area contributed by atoms with E-state index in [1.165, 1.54) is 18.2 Å². The number of allylic oxidation sites excluding steroid dienone is 2. The van der Waals surface area contributed by atoms with Gasteiger partial charge in [-0.3, -0.25) is 10.0 Å². The van der Waals surface area contributed by atoms with E-state index >= 15 is 0 Å². The van der Waals surface area contributed by atoms with Crippen LogP contribution in [0, 0.1) is 12.8 Å². The highest BCUT2D eigenvalue weighted by Crippen LogP contribution is 2.13. The average molecular weight is 412 g/mol. The van der Waals surface area contributed by atoms with Gasteiger partial charge in [0.05, 0.1) is 0 Å². The number of carbonyl (C=O) groups excluding carboxylic acids is 2. The summed E-state index contributed by atoms with van der Waals surface area (Å²) in [5.74, 6) is -0.0939. The number of hydroxylamine groups is 1. The predicted octanol–water partition coefficient (Wildman–Crippen LogP) is 5.00. The lowest BCUT2D eigenvalue weighted by molar-refractivity contribution is -0.124. The standard InChI is InChI=1S/C24H33N3O3/c1-6-8-21(23(28)26-30)13-10-20(5)17-27(16-7-9-18(2)3)24(29)25-22-14-11-19(4)12-15-22/h6,8,10-15,18,30H,1,5,7,9,16-17H2,2-4H3,(H,25,29)(H,26,28)/b13-10-,21-8+. The highest BCUT2D eigenvalue weighted by molar-refractivity contribution is 5.95. The highest BCUT2D eigenvalue weighted by atomic mass is 16.5. The van der Waals surface area contributed by atoms with Gasteiger partial charge in [0.1, 0.15) is 0 Å². The lowest BCUT2D eigenvalue weighted by atomic mass is 10.1. The Hall–Kier alpha value is -3.12. The van der Waals surface area contributed by atoms with Crippen LogP contribution < -0.4 is 10.8 Å². The molecule has 6 nitrogen and oxygen atoms in total. The zero-order valence-electron chi connectivity index (χ0n) is 18.1. The van der Waals surface area contributed by atoms with Gasteiger partial charge >= 0.3 is 6.03 Å². The maximum atomic E-state index is 12.8. The topological polar surface area (TPSA) is 81.7 Å². The molecule has 0 atom stereocenters. The summed E-state index contributed by atoms with van der Waals surface area (Å²) >= 11 is 0. The Bertz CT molecular complexity index is 792. The van der Waals surface area contributed by atoms with Crippen LogP contribution in [0.25, 0.3) is 0 Å². The first-order valence-electron chi connectivity index (χ1n) is 10.0. The van der Waals surface area contributed by atoms with Gasteiger partial charge in [-0.2, -0.15) is 0 Å². The maximum Gasteiger partial charge on any atom is 0.322 e. The normalized spacial score (nSPS) is 11.4. The Morgan fingerprint density at radius 3 is 2.43 bits per heavy atom. The number of benzene rings is 1. The van der Waals surface area contributed by atoms with Crippen LogP contribution >= 0.6 is 0 Å². The molecule has 0 aliphatic rings. The minimum atomic E-state index is -0.648. The summed E-state index contributed by atoms with van der Waals surface area (Å²) in [6.45, 7) is 14.8. The molecule has 0 aliphatic heterocycles. The van der Waals surface area contributed by atoms with E-state index in [1.807, 2.05) is 31.2 Å². The summed E-state index contributed by atoms with van der Waals surface area (Å²) < 4.78 is 0. The maximum absolute atomic E-state index is 12.8. The molecule has 3 amide bonds. The quantitative estimate of drug-likeness (QED) is 0.207. The summed E-state index contributed by atoms with van der Waals surface area (Å²) in [6.07, 6.45) is 7.99. The van der Waals surface area contributed by atoms with Gasteiger partial charge in [-0.25, -0.2) is 10.3 Å². The molecule has 30 heavy (non-hydrogen) atoms. The van der Waals surface area contributed by atoms with Crippen molar-refractivity contribution < 1.29 is 14.8 Å². The van der Waals surface area contributed by atoms with Crippen molar-refractivity contribution in [3.63, 3.8) is 0 Å². The third kappa shape index (κ3) is 9.39. The Morgan fingerprint density at radius 2 is 1.87 bits per heavy atom. The first-order valence-corrected chi connectivity index (χ1v) is 10.0. The number of nitrogens with zero attached hydrogens (tertiary/aromatic N) is 1. The third-order valence-corrected chi connectivity index (χ3v) is 4.35. The van der Waals surface area contributed by atoms with Crippen LogP contribution in [0.2, 0.25) is 0 Å². The molecule has 0 aromatic heterocycles. The average Bonchev–Trinajstić information content (AvgIpc) is 2.71. The van der Waals surface area contributed by atoms with Gasteiger partial charge in [-0.05, 0) is 55.5 Å². The van der Waals surface area contributed by atoms with Crippen LogP contribution in [0.1, 0.15) is 32.3 Å². The van der Waals surface area contributed by atoms with Gasteiger partial charge in [-0.1, -0.05) is 56.9 Å². The van der Waals surface area contributed by atoms with Gasteiger partial charge in [0.2, 0.25) is 0 Å². The van der Waals surface area contributed by atoms with Crippen molar-refractivity contribution >= 4 is 17.6 Å². The number of aryl methyl sites for hydroxylation is 1. The number of nitrogens with one attached hydrogen (secondary N) is 2. The molecule has 0 saturated carbocycles. The van der Waals surface area contributed by atoms with Crippen molar-refractivity contribution in [2.75, 3.05) is 18.4 Å². The summed E-state index contributed by atoms with van der Waals surface area (Å²) in [5, 5.41) is 11.7. The molecule has 3 N–H and O–H groups in total. The fourth-order valence-corrected chi connectivity index (χ4v) is 2.69. The van der Waals surface area contributed by atoms with E-state index in [-0.39, 0.29) is 11.6 Å². The third-order valence-electron chi connectivity index (χ3n) is 4.35. The molecule has 0 saturated heterocycles. The van der Waals surface area contributed by atoms with Gasteiger partial charge in [0.15, 0.2) is 0 Å². The van der Waals surface area contributed by atoms with Crippen LogP contribution in [0.4, 0.5) is 10.5 Å². The van der Waals surface area contributed by atoms with E-state index in [0.29, 0.717) is 24.6 Å². The molecule has 0 radical (unpaired) electrons. The van der Waals surface area contributed by atoms with Crippen molar-refractivity contribution in [3.8, 4) is 0 Å². The van der Waals surface area contributed by atoms with E-state index in [0.717, 1.165) is 24.1 Å². The molecule has 0 heterocycles. The number of anilines is 1. The Morgan fingerprint density at radius 1 is 1.20 bits per heavy atom. The van der Waals surface area contributed by atoms with E-state index in [4.69, 9.17) is 5.21 Å². The van der Waals surface area contributed by atoms with Crippen molar-refractivity contribution in [1.82, 2.24) is 10.4 Å². The summed E-state index contributed by atoms with van der Waals surface area (Å²) in [4.78, 5) is 26.2. The second-order valence-corrected chi connectivity index (χ2v) is 7.54. The van der Waals surface area contributed by atoms with Gasteiger partial charge in [0, 0.05) is 24.4 Å². The predicted molar refractivity (Wildman–Crippen MR) is 122 cm³/mol. The Kier molecular flexibility index (Phi) is 10.9. The van der Waals surface area contributed by atoms with Crippen molar-refractivity contribution in [2.45, 2.75) is 33.6 Å². The molecule has 1 rings (SSSR count). The molecule has 162 valence electrons. The SMILES string of the molecule is C=C/C=C(\C=C/C(=C)CN(CCCC(C)C)C(=O)Nc1ccc(C)cc1)C(=O)NO. The van der Waals surface area contributed by atoms with Crippen LogP contribution in [-0.2, 0) is 4.79 Å². The molecule has 1 aromatic carbocycles. The molecule has 1 aromatic rings. The van der Waals surface area contributed by atoms with Gasteiger partial charge < -0.3 is 10.2 Å². The second kappa shape index (κ2) is 13.2. The van der Waals surface area contributed by atoms with Crippen molar-refractivity contribution in [3.05, 3.63) is 78.4 Å². The van der Waals surface area contributed by atoms with E-state index in [9.17, 15) is 9.59 Å². The number of urea groups is 1. The van der Waals surface area contributed by atoms with Crippen molar-refractivity contribution in [1.29, 1.82) is 0 Å². The zero-order chi connectivity index (χ0) is 22.5.